The summed E-state index contributed by atoms with van der Waals surface area (Å²) >= 11 is 0. The van der Waals surface area contributed by atoms with Crippen LogP contribution in [0.5, 0.6) is 0 Å². The number of hydrogen-bond acceptors (Lipinski definition) is 3. The van der Waals surface area contributed by atoms with E-state index in [0.29, 0.717) is 5.56 Å². The maximum Gasteiger partial charge on any atom is 0.225 e. The molecule has 1 aromatic carbocycles. The number of aliphatic hydroxyl groups is 2. The molecule has 0 spiro atoms. The highest BCUT2D eigenvalue weighted by molar-refractivity contribution is 5.77. The van der Waals surface area contributed by atoms with Crippen molar-refractivity contribution in [3.8, 4) is 0 Å². The van der Waals surface area contributed by atoms with Crippen molar-refractivity contribution in [3.05, 3.63) is 35.9 Å². The monoisotopic (exact) mass is 251 g/mol. The van der Waals surface area contributed by atoms with E-state index in [2.05, 4.69) is 0 Å². The van der Waals surface area contributed by atoms with Crippen molar-refractivity contribution >= 4 is 5.91 Å². The zero-order valence-electron chi connectivity index (χ0n) is 11.3. The first-order valence-corrected chi connectivity index (χ1v) is 5.89. The summed E-state index contributed by atoms with van der Waals surface area (Å²) in [5.74, 6) is -0.233. The molecule has 1 rings (SSSR count). The van der Waals surface area contributed by atoms with E-state index in [-0.39, 0.29) is 12.3 Å². The Morgan fingerprint density at radius 3 is 2.06 bits per heavy atom. The van der Waals surface area contributed by atoms with E-state index in [1.165, 1.54) is 18.7 Å². The van der Waals surface area contributed by atoms with Gasteiger partial charge in [0.25, 0.3) is 0 Å². The molecule has 1 unspecified atom stereocenters. The van der Waals surface area contributed by atoms with Crippen LogP contribution in [0.4, 0.5) is 0 Å². The van der Waals surface area contributed by atoms with Gasteiger partial charge >= 0.3 is 0 Å². The molecule has 0 aliphatic heterocycles. The molecule has 0 fully saturated rings. The third-order valence-corrected chi connectivity index (χ3v) is 3.17. The van der Waals surface area contributed by atoms with E-state index >= 15 is 0 Å². The van der Waals surface area contributed by atoms with Crippen molar-refractivity contribution in [1.82, 2.24) is 4.90 Å². The van der Waals surface area contributed by atoms with Gasteiger partial charge < -0.3 is 15.1 Å². The Bertz CT molecular complexity index is 409. The predicted molar refractivity (Wildman–Crippen MR) is 69.9 cm³/mol. The van der Waals surface area contributed by atoms with E-state index in [1.54, 1.807) is 38.4 Å². The molecule has 0 heterocycles. The van der Waals surface area contributed by atoms with Crippen LogP contribution in [0.15, 0.2) is 30.3 Å². The lowest BCUT2D eigenvalue weighted by atomic mass is 9.77. The van der Waals surface area contributed by atoms with Crippen LogP contribution in [0, 0.1) is 0 Å². The Balaban J connectivity index is 3.17. The predicted octanol–water partition coefficient (Wildman–Crippen LogP) is 1.12. The Morgan fingerprint density at radius 2 is 1.67 bits per heavy atom. The zero-order chi connectivity index (χ0) is 14.0. The second-order valence-electron chi connectivity index (χ2n) is 5.25. The van der Waals surface area contributed by atoms with E-state index in [0.717, 1.165) is 0 Å². The summed E-state index contributed by atoms with van der Waals surface area (Å²) in [7, 11) is 3.25. The molecule has 1 aromatic rings. The fraction of sp³-hybridized carbons (Fsp3) is 0.500. The Hall–Kier alpha value is -1.39. The smallest absolute Gasteiger partial charge is 0.225 e. The summed E-state index contributed by atoms with van der Waals surface area (Å²) in [5.41, 5.74) is -2.48. The third-order valence-electron chi connectivity index (χ3n) is 3.17. The first kappa shape index (κ1) is 14.7. The highest BCUT2D eigenvalue weighted by Crippen LogP contribution is 2.36. The van der Waals surface area contributed by atoms with Gasteiger partial charge in [-0.15, -0.1) is 0 Å². The third kappa shape index (κ3) is 2.89. The fourth-order valence-corrected chi connectivity index (χ4v) is 1.76. The number of benzene rings is 1. The summed E-state index contributed by atoms with van der Waals surface area (Å²) in [6.07, 6.45) is -0.159. The minimum absolute atomic E-state index is 0.159. The van der Waals surface area contributed by atoms with Gasteiger partial charge in [0.05, 0.1) is 12.0 Å². The van der Waals surface area contributed by atoms with Crippen molar-refractivity contribution in [2.75, 3.05) is 14.1 Å². The Morgan fingerprint density at radius 1 is 1.17 bits per heavy atom. The number of carbonyl (C=O) groups excluding carboxylic acids is 1. The van der Waals surface area contributed by atoms with Gasteiger partial charge in [-0.05, 0) is 19.4 Å². The van der Waals surface area contributed by atoms with Gasteiger partial charge in [0.1, 0.15) is 5.60 Å². The number of carbonyl (C=O) groups is 1. The first-order valence-electron chi connectivity index (χ1n) is 5.89. The Kier molecular flexibility index (Phi) is 4.14. The summed E-state index contributed by atoms with van der Waals surface area (Å²) in [6.45, 7) is 3.01. The Labute approximate surface area is 108 Å². The average Bonchev–Trinajstić information content (AvgIpc) is 2.28. The van der Waals surface area contributed by atoms with Gasteiger partial charge in [-0.25, -0.2) is 0 Å². The van der Waals surface area contributed by atoms with Gasteiger partial charge in [-0.2, -0.15) is 0 Å². The molecule has 4 nitrogen and oxygen atoms in total. The van der Waals surface area contributed by atoms with Crippen LogP contribution in [0.25, 0.3) is 0 Å². The quantitative estimate of drug-likeness (QED) is 0.843. The largest absolute Gasteiger partial charge is 0.387 e. The molecule has 0 saturated heterocycles. The second-order valence-corrected chi connectivity index (χ2v) is 5.25. The van der Waals surface area contributed by atoms with Crippen molar-refractivity contribution in [1.29, 1.82) is 0 Å². The number of hydrogen-bond donors (Lipinski definition) is 2. The molecule has 4 heteroatoms. The lowest BCUT2D eigenvalue weighted by Gasteiger charge is -2.39. The molecular weight excluding hydrogens is 230 g/mol. The number of nitrogens with zero attached hydrogens (tertiary/aromatic N) is 1. The van der Waals surface area contributed by atoms with Crippen LogP contribution in [0.3, 0.4) is 0 Å². The molecule has 0 radical (unpaired) electrons. The summed E-state index contributed by atoms with van der Waals surface area (Å²) in [4.78, 5) is 13.2. The molecule has 0 aromatic heterocycles. The van der Waals surface area contributed by atoms with Crippen molar-refractivity contribution in [2.45, 2.75) is 31.5 Å². The number of rotatable bonds is 4. The topological polar surface area (TPSA) is 60.8 Å². The average molecular weight is 251 g/mol. The fourth-order valence-electron chi connectivity index (χ4n) is 1.76. The van der Waals surface area contributed by atoms with Gasteiger partial charge in [0.2, 0.25) is 5.91 Å². The lowest BCUT2D eigenvalue weighted by molar-refractivity contribution is -0.160. The summed E-state index contributed by atoms with van der Waals surface area (Å²) in [6, 6.07) is 8.78. The molecule has 0 aliphatic rings. The van der Waals surface area contributed by atoms with Gasteiger partial charge in [-0.1, -0.05) is 30.3 Å². The highest BCUT2D eigenvalue weighted by Gasteiger charge is 2.45. The molecule has 18 heavy (non-hydrogen) atoms. The zero-order valence-corrected chi connectivity index (χ0v) is 11.3. The molecule has 2 N–H and O–H groups in total. The SMILES string of the molecule is CN(C)C(=O)CC(O)(c1ccccc1)C(C)(C)O. The van der Waals surface area contributed by atoms with Crippen LogP contribution >= 0.6 is 0 Å². The van der Waals surface area contributed by atoms with Crippen LogP contribution < -0.4 is 0 Å². The van der Waals surface area contributed by atoms with Crippen LogP contribution in [0.2, 0.25) is 0 Å². The van der Waals surface area contributed by atoms with Gasteiger partial charge in [-0.3, -0.25) is 4.79 Å². The minimum atomic E-state index is -1.60. The van der Waals surface area contributed by atoms with Gasteiger partial charge in [0.15, 0.2) is 0 Å². The summed E-state index contributed by atoms with van der Waals surface area (Å²) < 4.78 is 0. The van der Waals surface area contributed by atoms with Crippen molar-refractivity contribution in [2.24, 2.45) is 0 Å². The van der Waals surface area contributed by atoms with E-state index in [1.807, 2.05) is 6.07 Å². The van der Waals surface area contributed by atoms with Crippen LogP contribution in [-0.4, -0.2) is 40.7 Å². The highest BCUT2D eigenvalue weighted by atomic mass is 16.4. The maximum atomic E-state index is 11.8. The van der Waals surface area contributed by atoms with Crippen molar-refractivity contribution in [3.63, 3.8) is 0 Å². The van der Waals surface area contributed by atoms with Crippen molar-refractivity contribution < 1.29 is 15.0 Å². The minimum Gasteiger partial charge on any atom is -0.387 e. The van der Waals surface area contributed by atoms with E-state index in [9.17, 15) is 15.0 Å². The number of amides is 1. The normalized spacial score (nSPS) is 15.0. The molecule has 1 amide bonds. The first-order chi connectivity index (χ1) is 8.18. The van der Waals surface area contributed by atoms with E-state index in [4.69, 9.17) is 0 Å². The molecule has 0 saturated carbocycles. The molecular formula is C14H21NO3. The summed E-state index contributed by atoms with van der Waals surface area (Å²) in [5, 5.41) is 20.9. The molecule has 100 valence electrons. The second kappa shape index (κ2) is 5.08. The lowest BCUT2D eigenvalue weighted by Crippen LogP contribution is -2.50. The maximum absolute atomic E-state index is 11.8. The molecule has 0 aliphatic carbocycles. The van der Waals surface area contributed by atoms with Gasteiger partial charge in [0, 0.05) is 14.1 Å². The molecule has 0 bridgehead atoms. The van der Waals surface area contributed by atoms with E-state index < -0.39 is 11.2 Å². The van der Waals surface area contributed by atoms with Crippen LogP contribution in [0.1, 0.15) is 25.8 Å². The molecule has 1 atom stereocenters. The standard InChI is InChI=1S/C14H21NO3/c1-13(2,17)14(18,10-12(16)15(3)4)11-8-6-5-7-9-11/h5-9,17-18H,10H2,1-4H3. The van der Waals surface area contributed by atoms with Crippen LogP contribution in [-0.2, 0) is 10.4 Å².